The van der Waals surface area contributed by atoms with Crippen molar-refractivity contribution >= 4 is 56.2 Å². The average Bonchev–Trinajstić information content (AvgIpc) is 3.22. The minimum absolute atomic E-state index is 0.172. The van der Waals surface area contributed by atoms with E-state index in [1.807, 2.05) is 25.1 Å². The van der Waals surface area contributed by atoms with E-state index in [0.717, 1.165) is 40.0 Å². The minimum atomic E-state index is -0.172. The van der Waals surface area contributed by atoms with Gasteiger partial charge in [0.2, 0.25) is 16.2 Å². The standard InChI is InChI=1S/C17H17N7OS2/c1-3-8-24-12-7-5-4-6-11(12)14-15(24)19-16(22-21-14)26-9-13(25)18-17-23-20-10(2)27-17/h4-7H,3,8-9H2,1-2H3,(H,18,23,25). The SMILES string of the molecule is CCCn1c2ccccc2c2nnc(SCC(=O)Nc3nnc(C)s3)nc21. The molecular formula is C17H17N7OS2. The van der Waals surface area contributed by atoms with Gasteiger partial charge in [-0.1, -0.05) is 48.2 Å². The van der Waals surface area contributed by atoms with Gasteiger partial charge < -0.3 is 4.57 Å². The zero-order valence-electron chi connectivity index (χ0n) is 14.8. The van der Waals surface area contributed by atoms with E-state index in [1.165, 1.54) is 23.1 Å². The first-order valence-electron chi connectivity index (χ1n) is 8.50. The highest BCUT2D eigenvalue weighted by Crippen LogP contribution is 2.27. The molecule has 10 heteroatoms. The summed E-state index contributed by atoms with van der Waals surface area (Å²) < 4.78 is 2.16. The number of carbonyl (C=O) groups excluding carboxylic acids is 1. The Hall–Kier alpha value is -2.59. The van der Waals surface area contributed by atoms with Crippen molar-refractivity contribution in [3.8, 4) is 0 Å². The Morgan fingerprint density at radius 2 is 2.07 bits per heavy atom. The van der Waals surface area contributed by atoms with Crippen molar-refractivity contribution in [2.75, 3.05) is 11.1 Å². The molecule has 0 atom stereocenters. The third kappa shape index (κ3) is 3.62. The molecule has 3 heterocycles. The van der Waals surface area contributed by atoms with Gasteiger partial charge in [-0.25, -0.2) is 4.98 Å². The summed E-state index contributed by atoms with van der Waals surface area (Å²) in [5, 5.41) is 21.9. The molecular weight excluding hydrogens is 382 g/mol. The quantitative estimate of drug-likeness (QED) is 0.497. The van der Waals surface area contributed by atoms with Gasteiger partial charge in [-0.05, 0) is 19.4 Å². The zero-order chi connectivity index (χ0) is 18.8. The largest absolute Gasteiger partial charge is 0.324 e. The summed E-state index contributed by atoms with van der Waals surface area (Å²) in [4.78, 5) is 16.8. The molecule has 4 aromatic rings. The molecule has 0 bridgehead atoms. The summed E-state index contributed by atoms with van der Waals surface area (Å²) in [6.07, 6.45) is 0.990. The van der Waals surface area contributed by atoms with Gasteiger partial charge in [-0.2, -0.15) is 0 Å². The normalized spacial score (nSPS) is 11.3. The number of carbonyl (C=O) groups is 1. The summed E-state index contributed by atoms with van der Waals surface area (Å²) in [6, 6.07) is 8.10. The number of hydrogen-bond donors (Lipinski definition) is 1. The molecule has 1 N–H and O–H groups in total. The number of para-hydroxylation sites is 1. The Morgan fingerprint density at radius 3 is 2.85 bits per heavy atom. The third-order valence-electron chi connectivity index (χ3n) is 3.91. The predicted octanol–water partition coefficient (Wildman–Crippen LogP) is 3.28. The number of aromatic nitrogens is 6. The molecule has 0 aliphatic rings. The van der Waals surface area contributed by atoms with Gasteiger partial charge in [0.1, 0.15) is 10.5 Å². The van der Waals surface area contributed by atoms with Gasteiger partial charge >= 0.3 is 0 Å². The second kappa shape index (κ2) is 7.57. The smallest absolute Gasteiger partial charge is 0.236 e. The number of anilines is 1. The number of benzene rings is 1. The second-order valence-electron chi connectivity index (χ2n) is 5.90. The van der Waals surface area contributed by atoms with Gasteiger partial charge in [-0.15, -0.1) is 20.4 Å². The van der Waals surface area contributed by atoms with Gasteiger partial charge in [0, 0.05) is 11.9 Å². The van der Waals surface area contributed by atoms with Crippen molar-refractivity contribution in [1.29, 1.82) is 0 Å². The molecule has 8 nitrogen and oxygen atoms in total. The maximum Gasteiger partial charge on any atom is 0.236 e. The van der Waals surface area contributed by atoms with E-state index in [1.54, 1.807) is 0 Å². The molecule has 0 unspecified atom stereocenters. The van der Waals surface area contributed by atoms with Crippen LogP contribution in [0.1, 0.15) is 18.4 Å². The number of rotatable bonds is 6. The molecule has 0 saturated heterocycles. The zero-order valence-corrected chi connectivity index (χ0v) is 16.5. The summed E-state index contributed by atoms with van der Waals surface area (Å²) in [5.74, 6) is 0.00811. The van der Waals surface area contributed by atoms with Crippen molar-refractivity contribution in [1.82, 2.24) is 29.9 Å². The van der Waals surface area contributed by atoms with E-state index in [4.69, 9.17) is 0 Å². The average molecular weight is 400 g/mol. The minimum Gasteiger partial charge on any atom is -0.324 e. The van der Waals surface area contributed by atoms with E-state index < -0.39 is 0 Å². The lowest BCUT2D eigenvalue weighted by molar-refractivity contribution is -0.113. The van der Waals surface area contributed by atoms with Crippen LogP contribution in [0.15, 0.2) is 29.4 Å². The van der Waals surface area contributed by atoms with E-state index >= 15 is 0 Å². The van der Waals surface area contributed by atoms with Gasteiger partial charge in [-0.3, -0.25) is 10.1 Å². The Morgan fingerprint density at radius 1 is 1.22 bits per heavy atom. The number of nitrogens with one attached hydrogen (secondary N) is 1. The number of thioether (sulfide) groups is 1. The van der Waals surface area contributed by atoms with E-state index in [0.29, 0.717) is 10.3 Å². The number of hydrogen-bond acceptors (Lipinski definition) is 8. The van der Waals surface area contributed by atoms with Crippen molar-refractivity contribution in [3.63, 3.8) is 0 Å². The first kappa shape index (κ1) is 17.8. The molecule has 0 fully saturated rings. The fraction of sp³-hybridized carbons (Fsp3) is 0.294. The van der Waals surface area contributed by atoms with Crippen LogP contribution >= 0.6 is 23.1 Å². The molecule has 3 aromatic heterocycles. The summed E-state index contributed by atoms with van der Waals surface area (Å²) >= 11 is 2.59. The lowest BCUT2D eigenvalue weighted by atomic mass is 10.2. The predicted molar refractivity (Wildman–Crippen MR) is 107 cm³/mol. The Kier molecular flexibility index (Phi) is 4.99. The van der Waals surface area contributed by atoms with Crippen LogP contribution in [-0.4, -0.2) is 41.6 Å². The van der Waals surface area contributed by atoms with Crippen molar-refractivity contribution in [2.24, 2.45) is 0 Å². The molecule has 0 saturated carbocycles. The Labute approximate surface area is 163 Å². The Bertz CT molecular complexity index is 1120. The lowest BCUT2D eigenvalue weighted by Crippen LogP contribution is -2.14. The molecule has 0 spiro atoms. The fourth-order valence-corrected chi connectivity index (χ4v) is 4.02. The first-order valence-corrected chi connectivity index (χ1v) is 10.3. The molecule has 0 aliphatic heterocycles. The van der Waals surface area contributed by atoms with Crippen molar-refractivity contribution < 1.29 is 4.79 Å². The molecule has 138 valence electrons. The van der Waals surface area contributed by atoms with Gasteiger partial charge in [0.05, 0.1) is 11.3 Å². The fourth-order valence-electron chi connectivity index (χ4n) is 2.83. The molecule has 0 aliphatic carbocycles. The first-order chi connectivity index (χ1) is 13.2. The second-order valence-corrected chi connectivity index (χ2v) is 8.02. The lowest BCUT2D eigenvalue weighted by Gasteiger charge is -2.04. The van der Waals surface area contributed by atoms with Crippen LogP contribution in [0.2, 0.25) is 0 Å². The molecule has 0 radical (unpaired) electrons. The summed E-state index contributed by atoms with van der Waals surface area (Å²) in [7, 11) is 0. The highest BCUT2D eigenvalue weighted by atomic mass is 32.2. The van der Waals surface area contributed by atoms with Gasteiger partial charge in [0.25, 0.3) is 0 Å². The number of aryl methyl sites for hydroxylation is 2. The Balaban J connectivity index is 1.56. The van der Waals surface area contributed by atoms with Crippen LogP contribution < -0.4 is 5.32 Å². The monoisotopic (exact) mass is 399 g/mol. The number of nitrogens with zero attached hydrogens (tertiary/aromatic N) is 6. The van der Waals surface area contributed by atoms with E-state index in [-0.39, 0.29) is 11.7 Å². The van der Waals surface area contributed by atoms with Crippen LogP contribution in [0.25, 0.3) is 22.1 Å². The molecule has 4 rings (SSSR count). The molecule has 1 aromatic carbocycles. The number of fused-ring (bicyclic) bond motifs is 3. The third-order valence-corrected chi connectivity index (χ3v) is 5.50. The van der Waals surface area contributed by atoms with E-state index in [2.05, 4.69) is 48.3 Å². The van der Waals surface area contributed by atoms with Crippen LogP contribution in [0.5, 0.6) is 0 Å². The number of amides is 1. The molecule has 1 amide bonds. The van der Waals surface area contributed by atoms with Crippen LogP contribution in [0.3, 0.4) is 0 Å². The van der Waals surface area contributed by atoms with Crippen molar-refractivity contribution in [2.45, 2.75) is 32.0 Å². The maximum atomic E-state index is 12.1. The van der Waals surface area contributed by atoms with Crippen LogP contribution in [-0.2, 0) is 11.3 Å². The molecule has 27 heavy (non-hydrogen) atoms. The van der Waals surface area contributed by atoms with Crippen molar-refractivity contribution in [3.05, 3.63) is 29.3 Å². The summed E-state index contributed by atoms with van der Waals surface area (Å²) in [5.41, 5.74) is 2.69. The maximum absolute atomic E-state index is 12.1. The topological polar surface area (TPSA) is 98.5 Å². The van der Waals surface area contributed by atoms with Crippen LogP contribution in [0.4, 0.5) is 5.13 Å². The van der Waals surface area contributed by atoms with Gasteiger partial charge in [0.15, 0.2) is 5.65 Å². The van der Waals surface area contributed by atoms with Crippen LogP contribution in [0, 0.1) is 6.92 Å². The van der Waals surface area contributed by atoms with E-state index in [9.17, 15) is 4.79 Å². The highest BCUT2D eigenvalue weighted by molar-refractivity contribution is 7.99. The highest BCUT2D eigenvalue weighted by Gasteiger charge is 2.15. The summed E-state index contributed by atoms with van der Waals surface area (Å²) in [6.45, 7) is 4.82.